The first-order valence-electron chi connectivity index (χ1n) is 17.9. The fourth-order valence-corrected chi connectivity index (χ4v) is 10.5. The Morgan fingerprint density at radius 1 is 0.569 bits per heavy atom. The van der Waals surface area contributed by atoms with Crippen molar-refractivity contribution >= 4 is 35.0 Å². The zero-order chi connectivity index (χ0) is 34.6. The number of benzene rings is 4. The van der Waals surface area contributed by atoms with Crippen molar-refractivity contribution in [2.75, 3.05) is 10.6 Å². The number of hydrogen-bond donors (Lipinski definition) is 4. The van der Waals surface area contributed by atoms with Crippen LogP contribution in [0.3, 0.4) is 0 Å². The molecule has 0 bridgehead atoms. The monoisotopic (exact) mass is 678 g/mol. The Labute approximate surface area is 295 Å². The lowest BCUT2D eigenvalue weighted by Gasteiger charge is -2.48. The number of piperazine rings is 2. The summed E-state index contributed by atoms with van der Waals surface area (Å²) in [4.78, 5) is 61.4. The summed E-state index contributed by atoms with van der Waals surface area (Å²) < 4.78 is 0. The van der Waals surface area contributed by atoms with Crippen LogP contribution in [0.1, 0.15) is 40.7 Å². The van der Waals surface area contributed by atoms with Crippen molar-refractivity contribution in [2.24, 2.45) is 0 Å². The van der Waals surface area contributed by atoms with E-state index in [-0.39, 0.29) is 23.6 Å². The van der Waals surface area contributed by atoms with E-state index < -0.39 is 47.3 Å². The fourth-order valence-electron chi connectivity index (χ4n) is 10.5. The van der Waals surface area contributed by atoms with Crippen molar-refractivity contribution in [1.82, 2.24) is 20.4 Å². The van der Waals surface area contributed by atoms with Crippen molar-refractivity contribution in [2.45, 2.75) is 79.9 Å². The van der Waals surface area contributed by atoms with Crippen LogP contribution in [0.25, 0.3) is 0 Å². The smallest absolute Gasteiger partial charge is 0.247 e. The lowest BCUT2D eigenvalue weighted by molar-refractivity contribution is -0.149. The molecule has 0 aliphatic carbocycles. The molecule has 6 aliphatic rings. The number of carbonyl (C=O) groups excluding carboxylic acids is 4. The second-order valence-corrected chi connectivity index (χ2v) is 15.1. The zero-order valence-corrected chi connectivity index (χ0v) is 28.1. The minimum atomic E-state index is -0.870. The van der Waals surface area contributed by atoms with Crippen LogP contribution < -0.4 is 21.3 Å². The maximum atomic E-state index is 14.7. The molecular weight excluding hydrogens is 640 g/mol. The maximum Gasteiger partial charge on any atom is 0.247 e. The van der Waals surface area contributed by atoms with Gasteiger partial charge in [0.05, 0.1) is 10.8 Å². The standard InChI is InChI=1S/C41H38N6O4/c1-23-16-17-29-27(18-23)41(22-33-35(49)43-31(20-25-12-6-3-7-13-25)37(51)47(33)39(41)45-29)40-21-32-34(48)42-30(19-24-10-4-2-5-11-24)36(50)46(32)38(40)44-28-15-9-8-14-26(28)40/h2-18,30-33,38-39,44-45H,19-22H2,1H3,(H,42,48)(H,43,49)/t30-,31-,32-,33-,38+,39+,40?,41?/m0/s1. The molecule has 256 valence electrons. The molecule has 4 fully saturated rings. The molecule has 0 saturated carbocycles. The number of aryl methyl sites for hydroxylation is 1. The van der Waals surface area contributed by atoms with E-state index in [1.807, 2.05) is 78.9 Å². The number of fused-ring (bicyclic) bond motifs is 11. The van der Waals surface area contributed by atoms with Gasteiger partial charge in [0.1, 0.15) is 36.5 Å². The number of amides is 4. The molecule has 4 aromatic rings. The number of nitrogens with one attached hydrogen (secondary N) is 4. The van der Waals surface area contributed by atoms with Gasteiger partial charge in [-0.2, -0.15) is 0 Å². The Morgan fingerprint density at radius 2 is 1.04 bits per heavy atom. The highest BCUT2D eigenvalue weighted by molar-refractivity contribution is 6.01. The van der Waals surface area contributed by atoms with E-state index in [2.05, 4.69) is 52.5 Å². The summed E-state index contributed by atoms with van der Waals surface area (Å²) in [6.45, 7) is 2.05. The molecule has 4 aromatic carbocycles. The Hall–Kier alpha value is -5.64. The zero-order valence-electron chi connectivity index (χ0n) is 28.1. The Bertz CT molecular complexity index is 2140. The molecule has 6 heterocycles. The molecule has 4 amide bonds. The molecule has 0 radical (unpaired) electrons. The van der Waals surface area contributed by atoms with Crippen molar-refractivity contribution in [3.05, 3.63) is 131 Å². The van der Waals surface area contributed by atoms with Crippen LogP contribution in [0.4, 0.5) is 11.4 Å². The molecule has 10 heteroatoms. The van der Waals surface area contributed by atoms with Gasteiger partial charge in [0.15, 0.2) is 0 Å². The first-order valence-corrected chi connectivity index (χ1v) is 17.9. The topological polar surface area (TPSA) is 123 Å². The third-order valence-electron chi connectivity index (χ3n) is 12.5. The average molecular weight is 679 g/mol. The molecule has 6 aliphatic heterocycles. The van der Waals surface area contributed by atoms with Gasteiger partial charge in [0, 0.05) is 24.2 Å². The fraction of sp³-hybridized carbons (Fsp3) is 0.317. The number of para-hydroxylation sites is 1. The van der Waals surface area contributed by atoms with E-state index in [9.17, 15) is 19.2 Å². The van der Waals surface area contributed by atoms with Crippen LogP contribution >= 0.6 is 0 Å². The summed E-state index contributed by atoms with van der Waals surface area (Å²) in [5.41, 5.74) is 5.06. The first-order chi connectivity index (χ1) is 24.8. The van der Waals surface area contributed by atoms with Crippen LogP contribution in [-0.2, 0) is 42.8 Å². The molecule has 2 unspecified atom stereocenters. The number of hydrogen-bond acceptors (Lipinski definition) is 6. The van der Waals surface area contributed by atoms with Gasteiger partial charge in [-0.3, -0.25) is 19.2 Å². The summed E-state index contributed by atoms with van der Waals surface area (Å²) in [6, 6.07) is 31.0. The van der Waals surface area contributed by atoms with Gasteiger partial charge in [-0.05, 0) is 54.2 Å². The summed E-state index contributed by atoms with van der Waals surface area (Å²) in [7, 11) is 0. The summed E-state index contributed by atoms with van der Waals surface area (Å²) >= 11 is 0. The minimum Gasteiger partial charge on any atom is -0.364 e. The van der Waals surface area contributed by atoms with E-state index in [1.165, 1.54) is 0 Å². The number of carbonyl (C=O) groups is 4. The predicted octanol–water partition coefficient (Wildman–Crippen LogP) is 3.36. The number of anilines is 2. The largest absolute Gasteiger partial charge is 0.364 e. The van der Waals surface area contributed by atoms with E-state index in [0.29, 0.717) is 25.7 Å². The maximum absolute atomic E-state index is 14.7. The van der Waals surface area contributed by atoms with E-state index in [4.69, 9.17) is 0 Å². The SMILES string of the molecule is Cc1ccc2c(c1)C1(C34C[C@H]5C(=O)N[C@@H](Cc6ccccc6)C(=O)N5[C@H]3Nc3ccccc34)C[C@H]3C(=O)N[C@@H](Cc4ccccc4)C(=O)N3[C@H]1N2. The third-order valence-corrected chi connectivity index (χ3v) is 12.5. The summed E-state index contributed by atoms with van der Waals surface area (Å²) in [5, 5.41) is 13.7. The van der Waals surface area contributed by atoms with Crippen molar-refractivity contribution < 1.29 is 19.2 Å². The van der Waals surface area contributed by atoms with Crippen LogP contribution in [0.2, 0.25) is 0 Å². The van der Waals surface area contributed by atoms with Crippen LogP contribution in [-0.4, -0.2) is 69.9 Å². The minimum absolute atomic E-state index is 0.132. The summed E-state index contributed by atoms with van der Waals surface area (Å²) in [6.07, 6.45) is 0.260. The molecule has 10 rings (SSSR count). The average Bonchev–Trinajstić information content (AvgIpc) is 3.85. The van der Waals surface area contributed by atoms with Crippen molar-refractivity contribution in [3.8, 4) is 0 Å². The normalized spacial score (nSPS) is 32.5. The number of rotatable bonds is 5. The molecule has 8 atom stereocenters. The van der Waals surface area contributed by atoms with Crippen molar-refractivity contribution in [1.29, 1.82) is 0 Å². The highest BCUT2D eigenvalue weighted by atomic mass is 16.2. The quantitative estimate of drug-likeness (QED) is 0.257. The predicted molar refractivity (Wildman–Crippen MR) is 190 cm³/mol. The molecule has 4 N–H and O–H groups in total. The van der Waals surface area contributed by atoms with E-state index in [0.717, 1.165) is 39.2 Å². The molecule has 0 aromatic heterocycles. The van der Waals surface area contributed by atoms with Gasteiger partial charge in [-0.25, -0.2) is 0 Å². The van der Waals surface area contributed by atoms with E-state index >= 15 is 0 Å². The molecule has 0 spiro atoms. The van der Waals surface area contributed by atoms with Gasteiger partial charge in [-0.1, -0.05) is 96.6 Å². The highest BCUT2D eigenvalue weighted by Crippen LogP contribution is 2.69. The van der Waals surface area contributed by atoms with Gasteiger partial charge in [0.25, 0.3) is 0 Å². The van der Waals surface area contributed by atoms with Gasteiger partial charge < -0.3 is 31.1 Å². The lowest BCUT2D eigenvalue weighted by Crippen LogP contribution is -2.67. The third kappa shape index (κ3) is 3.98. The second-order valence-electron chi connectivity index (χ2n) is 15.1. The van der Waals surface area contributed by atoms with Gasteiger partial charge in [0.2, 0.25) is 23.6 Å². The highest BCUT2D eigenvalue weighted by Gasteiger charge is 2.78. The molecule has 4 saturated heterocycles. The van der Waals surface area contributed by atoms with Gasteiger partial charge >= 0.3 is 0 Å². The Kier molecular flexibility index (Phi) is 6.33. The molecular formula is C41H38N6O4. The van der Waals surface area contributed by atoms with Crippen LogP contribution in [0.5, 0.6) is 0 Å². The Morgan fingerprint density at radius 3 is 1.59 bits per heavy atom. The van der Waals surface area contributed by atoms with Crippen LogP contribution in [0, 0.1) is 6.92 Å². The first kappa shape index (κ1) is 30.2. The van der Waals surface area contributed by atoms with Gasteiger partial charge in [-0.15, -0.1) is 0 Å². The lowest BCUT2D eigenvalue weighted by atomic mass is 9.54. The van der Waals surface area contributed by atoms with Crippen LogP contribution in [0.15, 0.2) is 103 Å². The molecule has 51 heavy (non-hydrogen) atoms. The van der Waals surface area contributed by atoms with E-state index in [1.54, 1.807) is 9.80 Å². The van der Waals surface area contributed by atoms with Crippen molar-refractivity contribution in [3.63, 3.8) is 0 Å². The molecule has 10 nitrogen and oxygen atoms in total. The Balaban J connectivity index is 1.14. The number of nitrogens with zero attached hydrogens (tertiary/aromatic N) is 2. The second kappa shape index (κ2) is 10.7. The summed E-state index contributed by atoms with van der Waals surface area (Å²) in [5.74, 6) is -0.627.